The van der Waals surface area contributed by atoms with Gasteiger partial charge in [-0.1, -0.05) is 62.4 Å². The fourth-order valence-corrected chi connectivity index (χ4v) is 3.58. The van der Waals surface area contributed by atoms with Crippen LogP contribution in [-0.2, 0) is 0 Å². The number of hydrogen-bond donors (Lipinski definition) is 2. The fraction of sp³-hybridized carbons (Fsp3) is 0.148. The van der Waals surface area contributed by atoms with Gasteiger partial charge in [0.05, 0.1) is 30.1 Å². The molecule has 6 heteroatoms. The van der Waals surface area contributed by atoms with Gasteiger partial charge in [-0.15, -0.1) is 0 Å². The first-order valence-electron chi connectivity index (χ1n) is 10.7. The predicted octanol–water partition coefficient (Wildman–Crippen LogP) is 5.50. The average Bonchev–Trinajstić information content (AvgIpc) is 2.84. The zero-order valence-corrected chi connectivity index (χ0v) is 18.7. The number of benzene rings is 3. The highest BCUT2D eigenvalue weighted by Gasteiger charge is 2.14. The van der Waals surface area contributed by atoms with Crippen molar-refractivity contribution in [2.75, 3.05) is 7.11 Å². The summed E-state index contributed by atoms with van der Waals surface area (Å²) in [6.45, 7) is 4.30. The quantitative estimate of drug-likeness (QED) is 0.307. The summed E-state index contributed by atoms with van der Waals surface area (Å²) < 4.78 is 5.10. The first-order valence-corrected chi connectivity index (χ1v) is 10.7. The number of rotatable bonds is 6. The second kappa shape index (κ2) is 9.53. The Morgan fingerprint density at radius 2 is 1.82 bits per heavy atom. The lowest BCUT2D eigenvalue weighted by molar-refractivity contribution is 0.0956. The van der Waals surface area contributed by atoms with E-state index in [-0.39, 0.29) is 11.7 Å². The van der Waals surface area contributed by atoms with Gasteiger partial charge in [0.25, 0.3) is 5.91 Å². The summed E-state index contributed by atoms with van der Waals surface area (Å²) >= 11 is 0. The van der Waals surface area contributed by atoms with Crippen molar-refractivity contribution in [3.8, 4) is 22.8 Å². The van der Waals surface area contributed by atoms with Crippen molar-refractivity contribution in [3.63, 3.8) is 0 Å². The highest BCUT2D eigenvalue weighted by Crippen LogP contribution is 2.28. The maximum absolute atomic E-state index is 13.0. The molecule has 166 valence electrons. The Hall–Kier alpha value is -4.19. The molecule has 6 nitrogen and oxygen atoms in total. The van der Waals surface area contributed by atoms with Gasteiger partial charge >= 0.3 is 0 Å². The van der Waals surface area contributed by atoms with Crippen LogP contribution in [0, 0.1) is 0 Å². The van der Waals surface area contributed by atoms with Gasteiger partial charge in [-0.3, -0.25) is 4.79 Å². The molecule has 0 radical (unpaired) electrons. The Kier molecular flexibility index (Phi) is 6.36. The monoisotopic (exact) mass is 439 g/mol. The third-order valence-corrected chi connectivity index (χ3v) is 5.45. The number of aromatic nitrogens is 1. The lowest BCUT2D eigenvalue weighted by atomic mass is 9.99. The molecule has 0 atom stereocenters. The molecule has 0 saturated heterocycles. The van der Waals surface area contributed by atoms with Gasteiger partial charge in [0.1, 0.15) is 0 Å². The number of para-hydroxylation sites is 2. The number of carbonyl (C=O) groups is 1. The van der Waals surface area contributed by atoms with Crippen molar-refractivity contribution < 1.29 is 14.6 Å². The van der Waals surface area contributed by atoms with Crippen LogP contribution in [0.2, 0.25) is 0 Å². The van der Waals surface area contributed by atoms with Gasteiger partial charge in [0, 0.05) is 16.5 Å². The van der Waals surface area contributed by atoms with Gasteiger partial charge in [0.15, 0.2) is 11.5 Å². The van der Waals surface area contributed by atoms with Crippen LogP contribution in [0.15, 0.2) is 77.9 Å². The molecule has 1 amide bonds. The molecule has 4 aromatic rings. The normalized spacial score (nSPS) is 11.3. The van der Waals surface area contributed by atoms with E-state index in [1.807, 2.05) is 36.4 Å². The molecule has 0 aliphatic carbocycles. The molecule has 1 aromatic heterocycles. The van der Waals surface area contributed by atoms with E-state index < -0.39 is 0 Å². The van der Waals surface area contributed by atoms with Crippen LogP contribution < -0.4 is 10.2 Å². The first kappa shape index (κ1) is 22.0. The first-order chi connectivity index (χ1) is 16.0. The van der Waals surface area contributed by atoms with E-state index in [4.69, 9.17) is 9.72 Å². The molecule has 33 heavy (non-hydrogen) atoms. The van der Waals surface area contributed by atoms with Crippen molar-refractivity contribution in [2.24, 2.45) is 5.10 Å². The third kappa shape index (κ3) is 4.70. The second-order valence-corrected chi connectivity index (χ2v) is 7.95. The standard InChI is InChI=1S/C27H25N3O3/c1-17(2)18-11-13-19(14-12-18)24-15-22(21-8-4-5-9-23(21)29-24)27(32)30-28-16-20-7-6-10-25(33-3)26(20)31/h4-17,31H,1-3H3,(H,30,32)/b28-16+. The summed E-state index contributed by atoms with van der Waals surface area (Å²) in [7, 11) is 1.47. The summed E-state index contributed by atoms with van der Waals surface area (Å²) in [5.74, 6) is 0.358. The van der Waals surface area contributed by atoms with E-state index in [0.717, 1.165) is 16.5 Å². The maximum Gasteiger partial charge on any atom is 0.272 e. The zero-order chi connectivity index (χ0) is 23.4. The smallest absolute Gasteiger partial charge is 0.272 e. The second-order valence-electron chi connectivity index (χ2n) is 7.95. The zero-order valence-electron chi connectivity index (χ0n) is 18.7. The minimum atomic E-state index is -0.368. The van der Waals surface area contributed by atoms with E-state index in [1.54, 1.807) is 24.3 Å². The van der Waals surface area contributed by atoms with Crippen LogP contribution >= 0.6 is 0 Å². The van der Waals surface area contributed by atoms with E-state index >= 15 is 0 Å². The van der Waals surface area contributed by atoms with E-state index in [0.29, 0.717) is 28.5 Å². The number of aromatic hydroxyl groups is 1. The van der Waals surface area contributed by atoms with Crippen molar-refractivity contribution in [1.82, 2.24) is 10.4 Å². The number of carbonyl (C=O) groups excluding carboxylic acids is 1. The molecule has 0 aliphatic rings. The number of amides is 1. The highest BCUT2D eigenvalue weighted by atomic mass is 16.5. The van der Waals surface area contributed by atoms with Gasteiger partial charge in [0.2, 0.25) is 0 Å². The van der Waals surface area contributed by atoms with Crippen molar-refractivity contribution in [2.45, 2.75) is 19.8 Å². The molecule has 0 unspecified atom stereocenters. The predicted molar refractivity (Wildman–Crippen MR) is 131 cm³/mol. The topological polar surface area (TPSA) is 83.8 Å². The number of phenols is 1. The van der Waals surface area contributed by atoms with Gasteiger partial charge in [-0.05, 0) is 35.7 Å². The molecule has 2 N–H and O–H groups in total. The van der Waals surface area contributed by atoms with Crippen molar-refractivity contribution in [3.05, 3.63) is 89.5 Å². The van der Waals surface area contributed by atoms with Crippen LogP contribution in [0.3, 0.4) is 0 Å². The fourth-order valence-electron chi connectivity index (χ4n) is 3.58. The molecule has 0 bridgehead atoms. The molecule has 0 saturated carbocycles. The number of ether oxygens (including phenoxy) is 1. The van der Waals surface area contributed by atoms with E-state index in [2.05, 4.69) is 36.5 Å². The Labute approximate surface area is 192 Å². The Bertz CT molecular complexity index is 1330. The SMILES string of the molecule is COc1cccc(/C=N/NC(=O)c2cc(-c3ccc(C(C)C)cc3)nc3ccccc23)c1O. The summed E-state index contributed by atoms with van der Waals surface area (Å²) in [6.07, 6.45) is 1.38. The summed E-state index contributed by atoms with van der Waals surface area (Å²) in [5, 5.41) is 15.0. The van der Waals surface area contributed by atoms with E-state index in [1.165, 1.54) is 18.9 Å². The minimum Gasteiger partial charge on any atom is -0.504 e. The van der Waals surface area contributed by atoms with Crippen molar-refractivity contribution in [1.29, 1.82) is 0 Å². The van der Waals surface area contributed by atoms with Gasteiger partial charge in [-0.2, -0.15) is 5.10 Å². The third-order valence-electron chi connectivity index (χ3n) is 5.45. The van der Waals surface area contributed by atoms with E-state index in [9.17, 15) is 9.90 Å². The Morgan fingerprint density at radius 1 is 1.06 bits per heavy atom. The van der Waals surface area contributed by atoms with Crippen molar-refractivity contribution >= 4 is 23.0 Å². The highest BCUT2D eigenvalue weighted by molar-refractivity contribution is 6.07. The molecule has 4 rings (SSSR count). The lowest BCUT2D eigenvalue weighted by Gasteiger charge is -2.10. The average molecular weight is 440 g/mol. The number of phenolic OH excluding ortho intramolecular Hbond substituents is 1. The van der Waals surface area contributed by atoms with Crippen LogP contribution in [0.4, 0.5) is 0 Å². The van der Waals surface area contributed by atoms with Crippen LogP contribution in [0.25, 0.3) is 22.2 Å². The number of nitrogens with one attached hydrogen (secondary N) is 1. The minimum absolute atomic E-state index is 0.0421. The number of pyridine rings is 1. The molecule has 3 aromatic carbocycles. The van der Waals surface area contributed by atoms with Gasteiger partial charge < -0.3 is 9.84 Å². The summed E-state index contributed by atoms with van der Waals surface area (Å²) in [4.78, 5) is 17.8. The summed E-state index contributed by atoms with van der Waals surface area (Å²) in [6, 6.07) is 22.6. The Morgan fingerprint density at radius 3 is 2.55 bits per heavy atom. The largest absolute Gasteiger partial charge is 0.504 e. The molecule has 0 spiro atoms. The molecule has 0 fully saturated rings. The van der Waals surface area contributed by atoms with Crippen LogP contribution in [0.1, 0.15) is 41.3 Å². The summed E-state index contributed by atoms with van der Waals surface area (Å²) in [5.41, 5.74) is 7.07. The number of fused-ring (bicyclic) bond motifs is 1. The van der Waals surface area contributed by atoms with Gasteiger partial charge in [-0.25, -0.2) is 10.4 Å². The van der Waals surface area contributed by atoms with Crippen LogP contribution in [-0.4, -0.2) is 29.3 Å². The molecular weight excluding hydrogens is 414 g/mol. The Balaban J connectivity index is 1.66. The maximum atomic E-state index is 13.0. The number of hydrogen-bond acceptors (Lipinski definition) is 5. The lowest BCUT2D eigenvalue weighted by Crippen LogP contribution is -2.18. The van der Waals surface area contributed by atoms with Crippen LogP contribution in [0.5, 0.6) is 11.5 Å². The molecular formula is C27H25N3O3. The number of methoxy groups -OCH3 is 1. The number of hydrazone groups is 1. The molecule has 0 aliphatic heterocycles. The number of nitrogens with zero attached hydrogens (tertiary/aromatic N) is 2. The molecule has 1 heterocycles.